The molecule has 0 N–H and O–H groups in total. The van der Waals surface area contributed by atoms with Crippen molar-refractivity contribution in [3.63, 3.8) is 0 Å². The number of hydrogen-bond donors (Lipinski definition) is 0. The molecule has 0 spiro atoms. The number of Topliss-reactive ketones (excluding diaryl/α,β-unsaturated/α-hetero) is 1. The lowest BCUT2D eigenvalue weighted by Crippen LogP contribution is -2.16. The molecule has 1 aromatic rings. The first kappa shape index (κ1) is 13.8. The molecule has 0 saturated carbocycles. The number of hydrogen-bond acceptors (Lipinski definition) is 1. The van der Waals surface area contributed by atoms with Crippen LogP contribution in [0.4, 0.5) is 0 Å². The van der Waals surface area contributed by atoms with Gasteiger partial charge in [-0.15, -0.1) is 0 Å². The van der Waals surface area contributed by atoms with Crippen LogP contribution in [0.3, 0.4) is 0 Å². The first-order chi connectivity index (χ1) is 9.08. The Balaban J connectivity index is 2.06. The average molecular weight is 254 g/mol. The van der Waals surface area contributed by atoms with Crippen LogP contribution in [0.1, 0.15) is 37.8 Å². The van der Waals surface area contributed by atoms with Crippen LogP contribution >= 0.6 is 0 Å². The van der Waals surface area contributed by atoms with Gasteiger partial charge in [0.1, 0.15) is 0 Å². The lowest BCUT2D eigenvalue weighted by molar-refractivity contribution is -0.121. The summed E-state index contributed by atoms with van der Waals surface area (Å²) in [5, 5.41) is 0. The van der Waals surface area contributed by atoms with Gasteiger partial charge in [0.25, 0.3) is 0 Å². The van der Waals surface area contributed by atoms with Crippen LogP contribution in [-0.4, -0.2) is 5.78 Å². The smallest absolute Gasteiger partial charge is 0.150 e. The molecule has 0 aliphatic heterocycles. The molecule has 0 saturated heterocycles. The summed E-state index contributed by atoms with van der Waals surface area (Å²) in [4.78, 5) is 12.3. The van der Waals surface area contributed by atoms with E-state index in [1.807, 2.05) is 31.2 Å². The second kappa shape index (κ2) is 6.01. The summed E-state index contributed by atoms with van der Waals surface area (Å²) in [5.41, 5.74) is 2.46. The van der Waals surface area contributed by atoms with Gasteiger partial charge >= 0.3 is 0 Å². The number of carbonyl (C=O) groups excluding carboxylic acids is 1. The van der Waals surface area contributed by atoms with Crippen molar-refractivity contribution < 1.29 is 4.79 Å². The third-order valence-corrected chi connectivity index (χ3v) is 3.63. The highest BCUT2D eigenvalue weighted by Gasteiger charge is 2.22. The van der Waals surface area contributed by atoms with Crippen LogP contribution in [0.15, 0.2) is 48.6 Å². The van der Waals surface area contributed by atoms with E-state index in [1.165, 1.54) is 5.56 Å². The highest BCUT2D eigenvalue weighted by Crippen LogP contribution is 2.24. The van der Waals surface area contributed by atoms with Gasteiger partial charge in [-0.1, -0.05) is 69.3 Å². The molecular formula is C18H22O. The number of allylic oxidation sites excluding steroid dienone is 4. The van der Waals surface area contributed by atoms with Crippen molar-refractivity contribution in [3.8, 4) is 0 Å². The molecule has 1 aliphatic rings. The van der Waals surface area contributed by atoms with Gasteiger partial charge in [0.15, 0.2) is 5.78 Å². The van der Waals surface area contributed by atoms with Crippen molar-refractivity contribution in [3.05, 3.63) is 59.7 Å². The lowest BCUT2D eigenvalue weighted by atomic mass is 9.88. The fourth-order valence-electron chi connectivity index (χ4n) is 2.49. The zero-order valence-electron chi connectivity index (χ0n) is 12.0. The molecule has 0 aromatic heterocycles. The molecule has 0 amide bonds. The molecule has 0 heterocycles. The van der Waals surface area contributed by atoms with E-state index in [1.54, 1.807) is 0 Å². The SMILES string of the molecule is CC(C)Cc1ccc(C(C)C(=O)C2C=CC=C2)cc1. The molecule has 1 aromatic carbocycles. The van der Waals surface area contributed by atoms with Crippen molar-refractivity contribution in [2.45, 2.75) is 33.1 Å². The molecule has 100 valence electrons. The summed E-state index contributed by atoms with van der Waals surface area (Å²) < 4.78 is 0. The van der Waals surface area contributed by atoms with Crippen LogP contribution in [0.2, 0.25) is 0 Å². The average Bonchev–Trinajstić information content (AvgIpc) is 2.91. The van der Waals surface area contributed by atoms with Crippen LogP contribution in [0.25, 0.3) is 0 Å². The molecule has 0 radical (unpaired) electrons. The van der Waals surface area contributed by atoms with Gasteiger partial charge in [-0.2, -0.15) is 0 Å². The lowest BCUT2D eigenvalue weighted by Gasteiger charge is -2.14. The Hall–Kier alpha value is -1.63. The Kier molecular flexibility index (Phi) is 4.36. The number of rotatable bonds is 5. The zero-order chi connectivity index (χ0) is 13.8. The molecule has 19 heavy (non-hydrogen) atoms. The molecule has 2 rings (SSSR count). The normalized spacial score (nSPS) is 16.2. The quantitative estimate of drug-likeness (QED) is 0.765. The Morgan fingerprint density at radius 1 is 1.05 bits per heavy atom. The second-order valence-electron chi connectivity index (χ2n) is 5.76. The van der Waals surface area contributed by atoms with Crippen molar-refractivity contribution in [1.29, 1.82) is 0 Å². The van der Waals surface area contributed by atoms with Crippen molar-refractivity contribution in [2.75, 3.05) is 0 Å². The summed E-state index contributed by atoms with van der Waals surface area (Å²) in [7, 11) is 0. The third-order valence-electron chi connectivity index (χ3n) is 3.63. The molecule has 1 atom stereocenters. The Labute approximate surface area is 116 Å². The van der Waals surface area contributed by atoms with E-state index in [2.05, 4.69) is 38.1 Å². The third kappa shape index (κ3) is 3.44. The van der Waals surface area contributed by atoms with Gasteiger partial charge in [-0.25, -0.2) is 0 Å². The number of benzene rings is 1. The zero-order valence-corrected chi connectivity index (χ0v) is 12.0. The predicted molar refractivity (Wildman–Crippen MR) is 80.2 cm³/mol. The molecular weight excluding hydrogens is 232 g/mol. The van der Waals surface area contributed by atoms with Crippen molar-refractivity contribution >= 4 is 5.78 Å². The van der Waals surface area contributed by atoms with Crippen LogP contribution in [0.5, 0.6) is 0 Å². The topological polar surface area (TPSA) is 17.1 Å². The molecule has 0 fully saturated rings. The van der Waals surface area contributed by atoms with Gasteiger partial charge in [-0.3, -0.25) is 4.79 Å². The van der Waals surface area contributed by atoms with Crippen molar-refractivity contribution in [2.24, 2.45) is 11.8 Å². The van der Waals surface area contributed by atoms with Gasteiger partial charge in [0.05, 0.1) is 5.92 Å². The summed E-state index contributed by atoms with van der Waals surface area (Å²) in [6.07, 6.45) is 8.91. The minimum Gasteiger partial charge on any atom is -0.298 e. The molecule has 0 bridgehead atoms. The van der Waals surface area contributed by atoms with E-state index in [0.717, 1.165) is 12.0 Å². The standard InChI is InChI=1S/C18H22O/c1-13(2)12-15-8-10-16(11-9-15)14(3)18(19)17-6-4-5-7-17/h4-11,13-14,17H,12H2,1-3H3. The van der Waals surface area contributed by atoms with Gasteiger partial charge in [0.2, 0.25) is 0 Å². The highest BCUT2D eigenvalue weighted by atomic mass is 16.1. The monoisotopic (exact) mass is 254 g/mol. The van der Waals surface area contributed by atoms with Crippen LogP contribution in [0, 0.1) is 11.8 Å². The summed E-state index contributed by atoms with van der Waals surface area (Å²) in [6.45, 7) is 6.44. The summed E-state index contributed by atoms with van der Waals surface area (Å²) in [5.74, 6) is 0.871. The Morgan fingerprint density at radius 3 is 2.16 bits per heavy atom. The Bertz CT molecular complexity index is 479. The first-order valence-corrected chi connectivity index (χ1v) is 7.05. The largest absolute Gasteiger partial charge is 0.298 e. The highest BCUT2D eigenvalue weighted by molar-refractivity contribution is 5.90. The van der Waals surface area contributed by atoms with E-state index in [0.29, 0.717) is 5.92 Å². The fraction of sp³-hybridized carbons (Fsp3) is 0.389. The van der Waals surface area contributed by atoms with E-state index in [4.69, 9.17) is 0 Å². The second-order valence-corrected chi connectivity index (χ2v) is 5.76. The van der Waals surface area contributed by atoms with Gasteiger partial charge in [-0.05, 0) is 23.5 Å². The van der Waals surface area contributed by atoms with E-state index in [9.17, 15) is 4.79 Å². The minimum atomic E-state index is -0.0367. The maximum atomic E-state index is 12.3. The maximum Gasteiger partial charge on any atom is 0.150 e. The Morgan fingerprint density at radius 2 is 1.63 bits per heavy atom. The van der Waals surface area contributed by atoms with E-state index >= 15 is 0 Å². The van der Waals surface area contributed by atoms with E-state index < -0.39 is 0 Å². The number of carbonyl (C=O) groups is 1. The van der Waals surface area contributed by atoms with Crippen LogP contribution < -0.4 is 0 Å². The summed E-state index contributed by atoms with van der Waals surface area (Å²) in [6, 6.07) is 8.50. The van der Waals surface area contributed by atoms with Gasteiger partial charge < -0.3 is 0 Å². The van der Waals surface area contributed by atoms with Crippen LogP contribution in [-0.2, 0) is 11.2 Å². The summed E-state index contributed by atoms with van der Waals surface area (Å²) >= 11 is 0. The molecule has 1 heteroatoms. The van der Waals surface area contributed by atoms with Crippen molar-refractivity contribution in [1.82, 2.24) is 0 Å². The van der Waals surface area contributed by atoms with Gasteiger partial charge in [0, 0.05) is 5.92 Å². The molecule has 1 aliphatic carbocycles. The first-order valence-electron chi connectivity index (χ1n) is 7.05. The fourth-order valence-corrected chi connectivity index (χ4v) is 2.49. The van der Waals surface area contributed by atoms with E-state index in [-0.39, 0.29) is 17.6 Å². The minimum absolute atomic E-state index is 0.0366. The molecule has 1 unspecified atom stereocenters. The molecule has 1 nitrogen and oxygen atoms in total. The predicted octanol–water partition coefficient (Wildman–Crippen LogP) is 4.30. The number of ketones is 1. The maximum absolute atomic E-state index is 12.3.